The smallest absolute Gasteiger partial charge is 0.306 e. The zero-order chi connectivity index (χ0) is 22.0. The van der Waals surface area contributed by atoms with Crippen LogP contribution in [0.15, 0.2) is 52.1 Å². The second kappa shape index (κ2) is 11.0. The van der Waals surface area contributed by atoms with Crippen molar-refractivity contribution in [1.82, 2.24) is 19.1 Å². The molecule has 8 nitrogen and oxygen atoms in total. The maximum Gasteiger partial charge on any atom is 0.326 e. The summed E-state index contributed by atoms with van der Waals surface area (Å²) in [5, 5.41) is -0.368. The number of para-hydroxylation sites is 3. The number of carbonyl (C=O) groups excluding carboxylic acids is 2. The number of nitrogens with zero attached hydrogens (tertiary/aromatic N) is 2. The van der Waals surface area contributed by atoms with Crippen LogP contribution in [0, 0.1) is 0 Å². The van der Waals surface area contributed by atoms with Gasteiger partial charge in [-0.05, 0) is 48.7 Å². The van der Waals surface area contributed by atoms with Gasteiger partial charge in [0.2, 0.25) is 5.24 Å². The number of benzene rings is 2. The molecule has 0 fully saturated rings. The fraction of sp³-hybridized carbons (Fsp3) is 0.333. The Labute approximate surface area is 196 Å². The molecular formula is C24H29ClN4O4. The Morgan fingerprint density at radius 2 is 1.64 bits per heavy atom. The van der Waals surface area contributed by atoms with Gasteiger partial charge in [0.1, 0.15) is 0 Å². The highest BCUT2D eigenvalue weighted by Crippen LogP contribution is 2.21. The van der Waals surface area contributed by atoms with Crippen molar-refractivity contribution in [1.29, 1.82) is 0 Å². The fourth-order valence-electron chi connectivity index (χ4n) is 3.90. The summed E-state index contributed by atoms with van der Waals surface area (Å²) >= 11 is 5.24. The summed E-state index contributed by atoms with van der Waals surface area (Å²) in [5.41, 5.74) is 3.59. The Morgan fingerprint density at radius 3 is 2.39 bits per heavy atom. The molecule has 0 spiro atoms. The van der Waals surface area contributed by atoms with E-state index in [2.05, 4.69) is 9.97 Å². The molecule has 33 heavy (non-hydrogen) atoms. The number of aryl methyl sites for hydroxylation is 2. The molecule has 2 aromatic heterocycles. The van der Waals surface area contributed by atoms with Gasteiger partial charge in [0.25, 0.3) is 0 Å². The van der Waals surface area contributed by atoms with Gasteiger partial charge in [-0.15, -0.1) is 0 Å². The molecule has 0 unspecified atom stereocenters. The monoisotopic (exact) mass is 472 g/mol. The van der Waals surface area contributed by atoms with E-state index in [-0.39, 0.29) is 43.7 Å². The zero-order valence-electron chi connectivity index (χ0n) is 16.7. The molecule has 176 valence electrons. The van der Waals surface area contributed by atoms with E-state index in [1.165, 1.54) is 0 Å². The van der Waals surface area contributed by atoms with Crippen LogP contribution in [-0.4, -0.2) is 30.1 Å². The molecule has 2 N–H and O–H groups in total. The van der Waals surface area contributed by atoms with Gasteiger partial charge in [-0.25, -0.2) is 9.59 Å². The van der Waals surface area contributed by atoms with Crippen LogP contribution in [0.25, 0.3) is 22.1 Å². The number of halogens is 1. The average Bonchev–Trinajstić information content (AvgIpc) is 3.17. The summed E-state index contributed by atoms with van der Waals surface area (Å²) in [6.45, 7) is 1.13. The van der Waals surface area contributed by atoms with Gasteiger partial charge in [0.15, 0.2) is 5.78 Å². The maximum atomic E-state index is 11.8. The highest BCUT2D eigenvalue weighted by atomic mass is 35.5. The molecule has 9 heteroatoms. The second-order valence-electron chi connectivity index (χ2n) is 7.37. The standard InChI is InChI=1S/C11H11ClN2O2.C11H10N2O2.2CH4/c12-10(15)6-3-7-14-9-5-2-1-4-8(9)13-11(14)16;14-9-5-2-6-13-10-7(9)3-1-4-8(10)12-11(13)15;;/h1-2,4-5H,3,6-7H2,(H,13,16);1,3-4H,2,5-6H2,(H,12,15);2*1H4. The van der Waals surface area contributed by atoms with Crippen LogP contribution in [-0.2, 0) is 17.9 Å². The van der Waals surface area contributed by atoms with E-state index in [1.54, 1.807) is 21.3 Å². The van der Waals surface area contributed by atoms with E-state index in [9.17, 15) is 19.2 Å². The van der Waals surface area contributed by atoms with Crippen molar-refractivity contribution in [2.24, 2.45) is 0 Å². The number of hydrogen-bond donors (Lipinski definition) is 2. The second-order valence-corrected chi connectivity index (χ2v) is 7.79. The maximum absolute atomic E-state index is 11.8. The number of fused-ring (bicyclic) bond motifs is 1. The number of Topliss-reactive ketones (excluding diaryl/α,β-unsaturated/α-hetero) is 1. The average molecular weight is 473 g/mol. The van der Waals surface area contributed by atoms with Crippen molar-refractivity contribution >= 4 is 44.7 Å². The molecule has 4 aromatic rings. The first-order valence-corrected chi connectivity index (χ1v) is 10.4. The third-order valence-electron chi connectivity index (χ3n) is 5.32. The molecule has 3 heterocycles. The molecule has 2 aromatic carbocycles. The predicted octanol–water partition coefficient (Wildman–Crippen LogP) is 4.45. The SMILES string of the molecule is C.C.O=C(Cl)CCCn1c(=O)[nH]c2ccccc21.O=C1CCCn2c(=O)[nH]c3cccc1c32. The summed E-state index contributed by atoms with van der Waals surface area (Å²) in [7, 11) is 0. The predicted molar refractivity (Wildman–Crippen MR) is 132 cm³/mol. The van der Waals surface area contributed by atoms with Gasteiger partial charge in [0, 0.05) is 31.5 Å². The van der Waals surface area contributed by atoms with Crippen molar-refractivity contribution in [3.8, 4) is 0 Å². The molecule has 0 aliphatic carbocycles. The van der Waals surface area contributed by atoms with Crippen LogP contribution in [0.3, 0.4) is 0 Å². The first-order chi connectivity index (χ1) is 15.0. The molecule has 0 amide bonds. The molecule has 5 rings (SSSR count). The number of rotatable bonds is 4. The minimum atomic E-state index is -0.368. The summed E-state index contributed by atoms with van der Waals surface area (Å²) in [4.78, 5) is 51.1. The minimum absolute atomic E-state index is 0. The number of aromatic amines is 2. The number of nitrogens with one attached hydrogen (secondary N) is 2. The van der Waals surface area contributed by atoms with Crippen LogP contribution < -0.4 is 11.4 Å². The van der Waals surface area contributed by atoms with E-state index < -0.39 is 0 Å². The zero-order valence-corrected chi connectivity index (χ0v) is 17.4. The van der Waals surface area contributed by atoms with Crippen molar-refractivity contribution in [2.75, 3.05) is 0 Å². The van der Waals surface area contributed by atoms with E-state index >= 15 is 0 Å². The highest BCUT2D eigenvalue weighted by Gasteiger charge is 2.19. The Balaban J connectivity index is 0.000000220. The number of carbonyl (C=O) groups is 2. The first-order valence-electron chi connectivity index (χ1n) is 10.1. The van der Waals surface area contributed by atoms with Crippen LogP contribution >= 0.6 is 11.6 Å². The highest BCUT2D eigenvalue weighted by molar-refractivity contribution is 6.63. The number of H-pyrrole nitrogens is 2. The fourth-order valence-corrected chi connectivity index (χ4v) is 4.03. The number of imidazole rings is 2. The Bertz CT molecular complexity index is 1390. The van der Waals surface area contributed by atoms with E-state index in [0.29, 0.717) is 31.5 Å². The molecule has 0 saturated heterocycles. The van der Waals surface area contributed by atoms with Crippen LogP contribution in [0.1, 0.15) is 50.9 Å². The number of ketones is 1. The summed E-state index contributed by atoms with van der Waals surface area (Å²) in [6.07, 6.45) is 2.12. The lowest BCUT2D eigenvalue weighted by Gasteiger charge is -2.00. The minimum Gasteiger partial charge on any atom is -0.306 e. The Morgan fingerprint density at radius 1 is 0.939 bits per heavy atom. The molecule has 0 saturated carbocycles. The van der Waals surface area contributed by atoms with Crippen molar-refractivity contribution in [3.63, 3.8) is 0 Å². The van der Waals surface area contributed by atoms with Gasteiger partial charge in [0.05, 0.1) is 22.1 Å². The van der Waals surface area contributed by atoms with Gasteiger partial charge in [-0.1, -0.05) is 33.1 Å². The summed E-state index contributed by atoms with van der Waals surface area (Å²) in [6, 6.07) is 12.9. The van der Waals surface area contributed by atoms with Crippen molar-refractivity contribution < 1.29 is 9.59 Å². The van der Waals surface area contributed by atoms with Crippen LogP contribution in [0.2, 0.25) is 0 Å². The number of hydrogen-bond acceptors (Lipinski definition) is 4. The normalized spacial score (nSPS) is 12.3. The van der Waals surface area contributed by atoms with Crippen molar-refractivity contribution in [2.45, 2.75) is 53.6 Å². The van der Waals surface area contributed by atoms with Gasteiger partial charge in [-0.3, -0.25) is 18.7 Å². The Hall–Kier alpha value is -3.39. The molecule has 1 aliphatic rings. The summed E-state index contributed by atoms with van der Waals surface area (Å²) < 4.78 is 3.28. The number of aromatic nitrogens is 4. The quantitative estimate of drug-likeness (QED) is 0.427. The molecular weight excluding hydrogens is 444 g/mol. The van der Waals surface area contributed by atoms with E-state index in [0.717, 1.165) is 28.5 Å². The largest absolute Gasteiger partial charge is 0.326 e. The first kappa shape index (κ1) is 25.9. The lowest BCUT2D eigenvalue weighted by molar-refractivity contribution is -0.111. The summed E-state index contributed by atoms with van der Waals surface area (Å²) in [5.74, 6) is 0.130. The topological polar surface area (TPSA) is 110 Å². The van der Waals surface area contributed by atoms with Crippen molar-refractivity contribution in [3.05, 3.63) is 69.0 Å². The van der Waals surface area contributed by atoms with Crippen LogP contribution in [0.4, 0.5) is 0 Å². The Kier molecular flexibility index (Phi) is 8.59. The van der Waals surface area contributed by atoms with E-state index in [4.69, 9.17) is 11.6 Å². The van der Waals surface area contributed by atoms with Gasteiger partial charge in [-0.2, -0.15) is 0 Å². The molecule has 0 bridgehead atoms. The lowest BCUT2D eigenvalue weighted by atomic mass is 10.1. The third kappa shape index (κ3) is 5.34. The van der Waals surface area contributed by atoms with Gasteiger partial charge < -0.3 is 9.97 Å². The van der Waals surface area contributed by atoms with Gasteiger partial charge >= 0.3 is 11.4 Å². The molecule has 1 aliphatic heterocycles. The lowest BCUT2D eigenvalue weighted by Crippen LogP contribution is -2.16. The third-order valence-corrected chi connectivity index (χ3v) is 5.50. The van der Waals surface area contributed by atoms with E-state index in [1.807, 2.05) is 30.3 Å². The van der Waals surface area contributed by atoms with Crippen LogP contribution in [0.5, 0.6) is 0 Å². The molecule has 0 atom stereocenters. The molecule has 0 radical (unpaired) electrons.